The van der Waals surface area contributed by atoms with E-state index in [0.717, 1.165) is 29.7 Å². The first kappa shape index (κ1) is 18.3. The molecule has 1 aromatic heterocycles. The van der Waals surface area contributed by atoms with Gasteiger partial charge in [-0.3, -0.25) is 0 Å². The Hall–Kier alpha value is -2.08. The summed E-state index contributed by atoms with van der Waals surface area (Å²) in [7, 11) is 0. The highest BCUT2D eigenvalue weighted by atomic mass is 32.1. The van der Waals surface area contributed by atoms with Crippen LogP contribution in [0.3, 0.4) is 0 Å². The van der Waals surface area contributed by atoms with Crippen LogP contribution in [0.5, 0.6) is 5.75 Å². The molecule has 130 valence electrons. The van der Waals surface area contributed by atoms with Crippen LogP contribution in [0.15, 0.2) is 35.5 Å². The number of nitrogens with zero attached hydrogens (tertiary/aromatic N) is 2. The van der Waals surface area contributed by atoms with E-state index in [0.29, 0.717) is 19.7 Å². The van der Waals surface area contributed by atoms with E-state index >= 15 is 0 Å². The molecule has 0 aliphatic rings. The second-order valence-corrected chi connectivity index (χ2v) is 6.56. The molecule has 0 unspecified atom stereocenters. The highest BCUT2D eigenvalue weighted by Gasteiger charge is 2.02. The summed E-state index contributed by atoms with van der Waals surface area (Å²) in [5.41, 5.74) is 1.20. The summed E-state index contributed by atoms with van der Waals surface area (Å²) in [6.45, 7) is 8.95. The molecule has 0 spiro atoms. The Balaban J connectivity index is 1.78. The maximum Gasteiger partial charge on any atom is 0.191 e. The van der Waals surface area contributed by atoms with Crippen LogP contribution in [0.4, 0.5) is 0 Å². The summed E-state index contributed by atoms with van der Waals surface area (Å²) >= 11 is 1.72. The molecule has 5 nitrogen and oxygen atoms in total. The average Bonchev–Trinajstić information content (AvgIpc) is 3.04. The molecule has 2 N–H and O–H groups in total. The Morgan fingerprint density at radius 3 is 2.88 bits per heavy atom. The average molecular weight is 347 g/mol. The van der Waals surface area contributed by atoms with Crippen molar-refractivity contribution in [1.29, 1.82) is 0 Å². The van der Waals surface area contributed by atoms with Gasteiger partial charge in [-0.2, -0.15) is 0 Å². The lowest BCUT2D eigenvalue weighted by Gasteiger charge is -2.12. The van der Waals surface area contributed by atoms with Gasteiger partial charge in [-0.05, 0) is 38.0 Å². The fourth-order valence-electron chi connectivity index (χ4n) is 2.12. The maximum atomic E-state index is 5.74. The number of nitrogens with one attached hydrogen (secondary N) is 2. The summed E-state index contributed by atoms with van der Waals surface area (Å²) in [6.07, 6.45) is 2.96. The van der Waals surface area contributed by atoms with Crippen molar-refractivity contribution < 1.29 is 4.74 Å². The van der Waals surface area contributed by atoms with Crippen molar-refractivity contribution in [2.45, 2.75) is 33.7 Å². The van der Waals surface area contributed by atoms with Crippen molar-refractivity contribution in [2.75, 3.05) is 19.7 Å². The van der Waals surface area contributed by atoms with Crippen LogP contribution in [0, 0.1) is 6.92 Å². The Bertz CT molecular complexity index is 654. The Kier molecular flexibility index (Phi) is 7.55. The minimum Gasteiger partial charge on any atom is -0.492 e. The first-order valence-electron chi connectivity index (χ1n) is 8.36. The number of thiazole rings is 1. The van der Waals surface area contributed by atoms with Gasteiger partial charge in [0, 0.05) is 17.6 Å². The van der Waals surface area contributed by atoms with Crippen molar-refractivity contribution in [3.8, 4) is 5.75 Å². The molecule has 0 fully saturated rings. The predicted molar refractivity (Wildman–Crippen MR) is 101 cm³/mol. The van der Waals surface area contributed by atoms with Crippen LogP contribution < -0.4 is 15.4 Å². The molecular weight excluding hydrogens is 320 g/mol. The number of aliphatic imine (C=N–C) groups is 1. The van der Waals surface area contributed by atoms with Gasteiger partial charge in [0.2, 0.25) is 0 Å². The number of ether oxygens (including phenoxy) is 1. The minimum absolute atomic E-state index is 0.588. The molecule has 0 radical (unpaired) electrons. The van der Waals surface area contributed by atoms with Gasteiger partial charge in [0.25, 0.3) is 0 Å². The van der Waals surface area contributed by atoms with E-state index in [2.05, 4.69) is 47.4 Å². The van der Waals surface area contributed by atoms with Crippen LogP contribution in [-0.2, 0) is 13.0 Å². The van der Waals surface area contributed by atoms with E-state index in [1.165, 1.54) is 10.4 Å². The third-order valence-electron chi connectivity index (χ3n) is 3.32. The van der Waals surface area contributed by atoms with E-state index in [9.17, 15) is 0 Å². The quantitative estimate of drug-likeness (QED) is 0.438. The van der Waals surface area contributed by atoms with Crippen molar-refractivity contribution in [2.24, 2.45) is 4.99 Å². The fourth-order valence-corrected chi connectivity index (χ4v) is 2.90. The van der Waals surface area contributed by atoms with Gasteiger partial charge in [-0.25, -0.2) is 9.98 Å². The van der Waals surface area contributed by atoms with Crippen LogP contribution in [0.1, 0.15) is 29.3 Å². The highest BCUT2D eigenvalue weighted by molar-refractivity contribution is 7.11. The van der Waals surface area contributed by atoms with E-state index < -0.39 is 0 Å². The molecule has 0 amide bonds. The van der Waals surface area contributed by atoms with Crippen LogP contribution in [-0.4, -0.2) is 30.6 Å². The SMILES string of the molecule is CCNC(=NCc1ncc(CC)s1)NCCOc1cccc(C)c1. The molecule has 1 aromatic carbocycles. The number of rotatable bonds is 8. The van der Waals surface area contributed by atoms with Crippen LogP contribution >= 0.6 is 11.3 Å². The van der Waals surface area contributed by atoms with Gasteiger partial charge in [-0.15, -0.1) is 11.3 Å². The van der Waals surface area contributed by atoms with E-state index in [4.69, 9.17) is 4.74 Å². The second kappa shape index (κ2) is 9.93. The fraction of sp³-hybridized carbons (Fsp3) is 0.444. The normalized spacial score (nSPS) is 11.4. The number of aromatic nitrogens is 1. The third-order valence-corrected chi connectivity index (χ3v) is 4.45. The minimum atomic E-state index is 0.588. The molecule has 0 atom stereocenters. The van der Waals surface area contributed by atoms with E-state index in [1.54, 1.807) is 11.3 Å². The third kappa shape index (κ3) is 6.20. The lowest BCUT2D eigenvalue weighted by molar-refractivity contribution is 0.321. The highest BCUT2D eigenvalue weighted by Crippen LogP contribution is 2.14. The number of benzene rings is 1. The zero-order chi connectivity index (χ0) is 17.2. The van der Waals surface area contributed by atoms with Gasteiger partial charge in [0.1, 0.15) is 17.4 Å². The van der Waals surface area contributed by atoms with Crippen molar-refractivity contribution in [1.82, 2.24) is 15.6 Å². The number of aryl methyl sites for hydroxylation is 2. The first-order chi connectivity index (χ1) is 11.7. The summed E-state index contributed by atoms with van der Waals surface area (Å²) in [5.74, 6) is 1.69. The largest absolute Gasteiger partial charge is 0.492 e. The first-order valence-corrected chi connectivity index (χ1v) is 9.18. The Labute approximate surface area is 148 Å². The molecule has 0 saturated heterocycles. The molecule has 24 heavy (non-hydrogen) atoms. The second-order valence-electron chi connectivity index (χ2n) is 5.36. The summed E-state index contributed by atoms with van der Waals surface area (Å²) in [4.78, 5) is 10.3. The molecular formula is C18H26N4OS. The van der Waals surface area contributed by atoms with Crippen molar-refractivity contribution in [3.05, 3.63) is 45.9 Å². The van der Waals surface area contributed by atoms with Crippen molar-refractivity contribution in [3.63, 3.8) is 0 Å². The van der Waals surface area contributed by atoms with E-state index in [-0.39, 0.29) is 0 Å². The lowest BCUT2D eigenvalue weighted by atomic mass is 10.2. The molecule has 0 saturated carbocycles. The zero-order valence-electron chi connectivity index (χ0n) is 14.6. The van der Waals surface area contributed by atoms with Crippen LogP contribution in [0.2, 0.25) is 0 Å². The van der Waals surface area contributed by atoms with Gasteiger partial charge in [0.15, 0.2) is 5.96 Å². The van der Waals surface area contributed by atoms with Crippen LogP contribution in [0.25, 0.3) is 0 Å². The Morgan fingerprint density at radius 1 is 1.29 bits per heavy atom. The lowest BCUT2D eigenvalue weighted by Crippen LogP contribution is -2.39. The molecule has 1 heterocycles. The standard InChI is InChI=1S/C18H26N4OS/c1-4-16-12-21-17(24-16)13-22-18(19-5-2)20-9-10-23-15-8-6-7-14(3)11-15/h6-8,11-12H,4-5,9-10,13H2,1-3H3,(H2,19,20,22). The number of hydrogen-bond acceptors (Lipinski definition) is 4. The summed E-state index contributed by atoms with van der Waals surface area (Å²) in [5, 5.41) is 7.57. The van der Waals surface area contributed by atoms with E-state index in [1.807, 2.05) is 24.4 Å². The Morgan fingerprint density at radius 2 is 2.17 bits per heavy atom. The number of guanidine groups is 1. The van der Waals surface area contributed by atoms with Gasteiger partial charge in [-0.1, -0.05) is 19.1 Å². The molecule has 0 bridgehead atoms. The molecule has 0 aliphatic carbocycles. The maximum absolute atomic E-state index is 5.74. The monoisotopic (exact) mass is 346 g/mol. The topological polar surface area (TPSA) is 58.5 Å². The molecule has 2 aromatic rings. The number of hydrogen-bond donors (Lipinski definition) is 2. The molecule has 6 heteroatoms. The zero-order valence-corrected chi connectivity index (χ0v) is 15.4. The van der Waals surface area contributed by atoms with Crippen molar-refractivity contribution >= 4 is 17.3 Å². The predicted octanol–water partition coefficient (Wildman–Crippen LogP) is 3.15. The molecule has 2 rings (SSSR count). The van der Waals surface area contributed by atoms with Gasteiger partial charge >= 0.3 is 0 Å². The molecule has 0 aliphatic heterocycles. The summed E-state index contributed by atoms with van der Waals surface area (Å²) in [6, 6.07) is 8.07. The summed E-state index contributed by atoms with van der Waals surface area (Å²) < 4.78 is 5.74. The smallest absolute Gasteiger partial charge is 0.191 e. The van der Waals surface area contributed by atoms with Gasteiger partial charge in [0.05, 0.1) is 13.1 Å². The van der Waals surface area contributed by atoms with Gasteiger partial charge < -0.3 is 15.4 Å².